The molecular formula is C23H33N3O8. The summed E-state index contributed by atoms with van der Waals surface area (Å²) in [6.45, 7) is 8.83. The molecule has 2 fully saturated rings. The fourth-order valence-corrected chi connectivity index (χ4v) is 3.78. The summed E-state index contributed by atoms with van der Waals surface area (Å²) in [7, 11) is 1.59. The van der Waals surface area contributed by atoms with Crippen LogP contribution < -0.4 is 4.74 Å². The Bertz CT molecular complexity index is 866. The maximum Gasteiger partial charge on any atom is 0.332 e. The fraction of sp³-hybridized carbons (Fsp3) is 0.696. The molecule has 1 aromatic rings. The Morgan fingerprint density at radius 3 is 2.53 bits per heavy atom. The summed E-state index contributed by atoms with van der Waals surface area (Å²) in [5.74, 6) is 0.157. The summed E-state index contributed by atoms with van der Waals surface area (Å²) in [5, 5.41) is 3.88. The van der Waals surface area contributed by atoms with Crippen molar-refractivity contribution in [3.63, 3.8) is 0 Å². The minimum absolute atomic E-state index is 0.189. The second-order valence-corrected chi connectivity index (χ2v) is 9.32. The largest absolute Gasteiger partial charge is 0.497 e. The highest BCUT2D eigenvalue weighted by Gasteiger charge is 2.51. The molecule has 2 aliphatic heterocycles. The van der Waals surface area contributed by atoms with E-state index < -0.39 is 48.5 Å². The predicted molar refractivity (Wildman–Crippen MR) is 120 cm³/mol. The van der Waals surface area contributed by atoms with E-state index >= 15 is 0 Å². The van der Waals surface area contributed by atoms with E-state index in [0.717, 1.165) is 5.56 Å². The molecular weight excluding hydrogens is 446 g/mol. The predicted octanol–water partition coefficient (Wildman–Crippen LogP) is 3.66. The van der Waals surface area contributed by atoms with Crippen LogP contribution >= 0.6 is 0 Å². The Labute approximate surface area is 199 Å². The van der Waals surface area contributed by atoms with Crippen LogP contribution in [0.15, 0.2) is 29.4 Å². The lowest BCUT2D eigenvalue weighted by atomic mass is 9.96. The van der Waals surface area contributed by atoms with Gasteiger partial charge in [-0.2, -0.15) is 0 Å². The molecule has 3 unspecified atom stereocenters. The normalized spacial score (nSPS) is 29.1. The number of carbonyl (C=O) groups is 1. The van der Waals surface area contributed by atoms with E-state index in [9.17, 15) is 10.3 Å². The minimum Gasteiger partial charge on any atom is -0.497 e. The maximum absolute atomic E-state index is 12.3. The molecule has 0 spiro atoms. The average molecular weight is 480 g/mol. The van der Waals surface area contributed by atoms with Crippen molar-refractivity contribution in [2.75, 3.05) is 20.3 Å². The zero-order chi connectivity index (χ0) is 24.9. The van der Waals surface area contributed by atoms with Gasteiger partial charge < -0.3 is 33.2 Å². The molecule has 0 radical (unpaired) electrons. The molecule has 0 saturated carbocycles. The van der Waals surface area contributed by atoms with Gasteiger partial charge in [-0.05, 0) is 52.3 Å². The topological polar surface area (TPSA) is 130 Å². The Morgan fingerprint density at radius 2 is 1.94 bits per heavy atom. The van der Waals surface area contributed by atoms with Crippen molar-refractivity contribution >= 4 is 5.97 Å². The molecule has 2 saturated heterocycles. The van der Waals surface area contributed by atoms with Crippen LogP contribution in [0, 0.1) is 0 Å². The van der Waals surface area contributed by atoms with Gasteiger partial charge in [-0.15, -0.1) is 0 Å². The molecule has 0 aliphatic carbocycles. The number of methoxy groups -OCH3 is 1. The van der Waals surface area contributed by atoms with Gasteiger partial charge in [0.05, 0.1) is 19.8 Å². The molecule has 34 heavy (non-hydrogen) atoms. The third kappa shape index (κ3) is 6.82. The van der Waals surface area contributed by atoms with E-state index in [2.05, 4.69) is 10.0 Å². The first kappa shape index (κ1) is 26.2. The van der Waals surface area contributed by atoms with Crippen LogP contribution in [0.2, 0.25) is 0 Å². The van der Waals surface area contributed by atoms with Gasteiger partial charge in [0.2, 0.25) is 0 Å². The van der Waals surface area contributed by atoms with Crippen molar-refractivity contribution in [3.05, 3.63) is 40.3 Å². The van der Waals surface area contributed by atoms with Gasteiger partial charge in [0.1, 0.15) is 42.3 Å². The van der Waals surface area contributed by atoms with Crippen molar-refractivity contribution in [1.82, 2.24) is 0 Å². The summed E-state index contributed by atoms with van der Waals surface area (Å²) in [6, 6.07) is 6.37. The standard InChI is InChI=1S/C23H33N3O8/c1-13(2)31-22-18(25-26-24)20(29-12-17(27)34-23(3,4)5)19-16(32-22)11-30-21(33-19)14-7-9-15(28-6)10-8-14/h7-10,13,16,18-22H,11-12H2,1-6H3/t16?,18?,19-,20+,21?,22+/m0/s1. The lowest BCUT2D eigenvalue weighted by molar-refractivity contribution is -0.349. The number of ether oxygens (including phenoxy) is 7. The maximum atomic E-state index is 12.3. The number of hydrogen-bond donors (Lipinski definition) is 0. The van der Waals surface area contributed by atoms with Crippen LogP contribution in [0.1, 0.15) is 46.5 Å². The lowest BCUT2D eigenvalue weighted by Crippen LogP contribution is -2.62. The molecule has 11 nitrogen and oxygen atoms in total. The first-order valence-corrected chi connectivity index (χ1v) is 11.2. The summed E-state index contributed by atoms with van der Waals surface area (Å²) in [4.78, 5) is 15.3. The first-order valence-electron chi connectivity index (χ1n) is 11.2. The van der Waals surface area contributed by atoms with Crippen molar-refractivity contribution < 1.29 is 38.0 Å². The Balaban J connectivity index is 1.83. The number of rotatable bonds is 8. The summed E-state index contributed by atoms with van der Waals surface area (Å²) in [6.07, 6.45) is -3.90. The molecule has 0 bridgehead atoms. The zero-order valence-corrected chi connectivity index (χ0v) is 20.4. The molecule has 1 aromatic carbocycles. The second-order valence-electron chi connectivity index (χ2n) is 9.32. The van der Waals surface area contributed by atoms with Gasteiger partial charge in [-0.3, -0.25) is 0 Å². The van der Waals surface area contributed by atoms with Gasteiger partial charge in [-0.25, -0.2) is 4.79 Å². The van der Waals surface area contributed by atoms with E-state index in [1.807, 2.05) is 26.0 Å². The SMILES string of the molecule is COc1ccc(C2OCC3O[C@@H](OC(C)C)C(N=[N+]=[N-])[C@@H](OCC(=O)OC(C)(C)C)[C@H]3O2)cc1. The van der Waals surface area contributed by atoms with Crippen LogP contribution in [-0.4, -0.2) is 68.6 Å². The van der Waals surface area contributed by atoms with E-state index in [4.69, 9.17) is 33.2 Å². The monoisotopic (exact) mass is 479 g/mol. The van der Waals surface area contributed by atoms with Crippen molar-refractivity contribution in [2.45, 2.75) is 83.3 Å². The first-order chi connectivity index (χ1) is 16.1. The Kier molecular flexibility index (Phi) is 8.75. The highest BCUT2D eigenvalue weighted by Crippen LogP contribution is 2.37. The number of benzene rings is 1. The van der Waals surface area contributed by atoms with Gasteiger partial charge in [-0.1, -0.05) is 17.2 Å². The molecule has 188 valence electrons. The second kappa shape index (κ2) is 11.4. The number of azide groups is 1. The molecule has 3 rings (SSSR count). The molecule has 0 N–H and O–H groups in total. The minimum atomic E-state index is -0.898. The van der Waals surface area contributed by atoms with Crippen LogP contribution in [0.4, 0.5) is 0 Å². The average Bonchev–Trinajstić information content (AvgIpc) is 2.77. The van der Waals surface area contributed by atoms with E-state index in [0.29, 0.717) is 5.75 Å². The molecule has 0 aromatic heterocycles. The van der Waals surface area contributed by atoms with Crippen LogP contribution in [-0.2, 0) is 33.2 Å². The zero-order valence-electron chi connectivity index (χ0n) is 20.4. The lowest BCUT2D eigenvalue weighted by Gasteiger charge is -2.48. The highest BCUT2D eigenvalue weighted by atomic mass is 16.8. The van der Waals surface area contributed by atoms with Crippen molar-refractivity contribution in [3.8, 4) is 5.75 Å². The summed E-state index contributed by atoms with van der Waals surface area (Å²) in [5.41, 5.74) is 9.32. The molecule has 11 heteroatoms. The number of esters is 1. The third-order valence-corrected chi connectivity index (χ3v) is 5.10. The Hall–Kier alpha value is -2.40. The van der Waals surface area contributed by atoms with Gasteiger partial charge in [0, 0.05) is 10.5 Å². The molecule has 2 heterocycles. The molecule has 0 amide bonds. The van der Waals surface area contributed by atoms with E-state index in [1.54, 1.807) is 40.0 Å². The van der Waals surface area contributed by atoms with Gasteiger partial charge in [0.25, 0.3) is 0 Å². The van der Waals surface area contributed by atoms with Crippen molar-refractivity contribution in [1.29, 1.82) is 0 Å². The third-order valence-electron chi connectivity index (χ3n) is 5.10. The number of nitrogens with zero attached hydrogens (tertiary/aromatic N) is 3. The smallest absolute Gasteiger partial charge is 0.332 e. The molecule has 2 aliphatic rings. The summed E-state index contributed by atoms with van der Waals surface area (Å²) >= 11 is 0. The highest BCUT2D eigenvalue weighted by molar-refractivity contribution is 5.71. The quantitative estimate of drug-likeness (QED) is 0.239. The summed E-state index contributed by atoms with van der Waals surface area (Å²) < 4.78 is 40.5. The van der Waals surface area contributed by atoms with E-state index in [-0.39, 0.29) is 19.3 Å². The Morgan fingerprint density at radius 1 is 1.24 bits per heavy atom. The van der Waals surface area contributed by atoms with Crippen LogP contribution in [0.5, 0.6) is 5.75 Å². The van der Waals surface area contributed by atoms with Crippen LogP contribution in [0.3, 0.4) is 0 Å². The van der Waals surface area contributed by atoms with E-state index in [1.165, 1.54) is 0 Å². The number of carbonyl (C=O) groups excluding carboxylic acids is 1. The van der Waals surface area contributed by atoms with Crippen molar-refractivity contribution in [2.24, 2.45) is 5.11 Å². The number of fused-ring (bicyclic) bond motifs is 1. The molecule has 6 atom stereocenters. The number of hydrogen-bond acceptors (Lipinski definition) is 9. The van der Waals surface area contributed by atoms with Gasteiger partial charge >= 0.3 is 5.97 Å². The van der Waals surface area contributed by atoms with Crippen LogP contribution in [0.25, 0.3) is 10.4 Å². The van der Waals surface area contributed by atoms with Gasteiger partial charge in [0.15, 0.2) is 12.6 Å². The fourth-order valence-electron chi connectivity index (χ4n) is 3.78.